The maximum absolute atomic E-state index is 5.24. The molecule has 0 amide bonds. The van der Waals surface area contributed by atoms with Crippen LogP contribution in [-0.4, -0.2) is 9.97 Å². The van der Waals surface area contributed by atoms with Gasteiger partial charge in [-0.05, 0) is 111 Å². The summed E-state index contributed by atoms with van der Waals surface area (Å²) in [5.74, 6) is 0. The van der Waals surface area contributed by atoms with E-state index in [1.807, 2.05) is 23.6 Å². The molecule has 0 atom stereocenters. The molecular weight excluding hydrogens is 577 g/mol. The van der Waals surface area contributed by atoms with Crippen LogP contribution in [0.4, 0.5) is 0 Å². The van der Waals surface area contributed by atoms with Crippen LogP contribution in [0, 0.1) is 0 Å². The molecule has 0 spiro atoms. The first-order valence-corrected chi connectivity index (χ1v) is 16.6. The Kier molecular flexibility index (Phi) is 5.25. The Morgan fingerprint density at radius 2 is 1.20 bits per heavy atom. The van der Waals surface area contributed by atoms with Crippen LogP contribution in [0.5, 0.6) is 0 Å². The molecule has 46 heavy (non-hydrogen) atoms. The lowest BCUT2D eigenvalue weighted by Crippen LogP contribution is -2.15. The summed E-state index contributed by atoms with van der Waals surface area (Å²) in [5, 5.41) is 9.13. The van der Waals surface area contributed by atoms with Crippen molar-refractivity contribution in [3.8, 4) is 33.6 Å². The molecule has 0 saturated heterocycles. The SMILES string of the molecule is CC1(C)c2cc(-c3ccc4ncccc4c3)cc3ccc4cc(-c5cccc(-c6ccc7c(c6)sc6ccccc67)n5)cc1c4c23. The van der Waals surface area contributed by atoms with Gasteiger partial charge >= 0.3 is 0 Å². The van der Waals surface area contributed by atoms with Crippen LogP contribution in [0.1, 0.15) is 25.0 Å². The lowest BCUT2D eigenvalue weighted by atomic mass is 9.80. The van der Waals surface area contributed by atoms with Gasteiger partial charge in [0, 0.05) is 48.3 Å². The first-order valence-electron chi connectivity index (χ1n) is 15.8. The first-order chi connectivity index (χ1) is 22.5. The number of benzene rings is 6. The summed E-state index contributed by atoms with van der Waals surface area (Å²) in [6, 6.07) is 46.7. The van der Waals surface area contributed by atoms with Crippen LogP contribution >= 0.6 is 11.3 Å². The van der Waals surface area contributed by atoms with Gasteiger partial charge in [0.2, 0.25) is 0 Å². The smallest absolute Gasteiger partial charge is 0.0710 e. The van der Waals surface area contributed by atoms with Gasteiger partial charge in [-0.3, -0.25) is 4.98 Å². The third kappa shape index (κ3) is 3.70. The fourth-order valence-corrected chi connectivity index (χ4v) is 8.82. The Morgan fingerprint density at radius 3 is 2.04 bits per heavy atom. The topological polar surface area (TPSA) is 25.8 Å². The van der Waals surface area contributed by atoms with E-state index >= 15 is 0 Å². The van der Waals surface area contributed by atoms with Gasteiger partial charge in [0.25, 0.3) is 0 Å². The summed E-state index contributed by atoms with van der Waals surface area (Å²) < 4.78 is 2.62. The van der Waals surface area contributed by atoms with Gasteiger partial charge < -0.3 is 0 Å². The Balaban J connectivity index is 1.09. The average molecular weight is 605 g/mol. The summed E-state index contributed by atoms with van der Waals surface area (Å²) in [4.78, 5) is 9.77. The van der Waals surface area contributed by atoms with E-state index in [4.69, 9.17) is 4.98 Å². The summed E-state index contributed by atoms with van der Waals surface area (Å²) >= 11 is 1.85. The predicted octanol–water partition coefficient (Wildman–Crippen LogP) is 11.9. The number of aromatic nitrogens is 2. The molecule has 0 aliphatic heterocycles. The molecule has 216 valence electrons. The quantitative estimate of drug-likeness (QED) is 0.188. The van der Waals surface area contributed by atoms with E-state index in [0.29, 0.717) is 0 Å². The first kappa shape index (κ1) is 25.9. The molecular formula is C43H28N2S. The molecule has 3 heteroatoms. The number of thiophene rings is 1. The summed E-state index contributed by atoms with van der Waals surface area (Å²) in [5.41, 5.74) is 10.4. The molecule has 1 aliphatic carbocycles. The molecule has 10 rings (SSSR count). The van der Waals surface area contributed by atoms with Crippen LogP contribution in [0.2, 0.25) is 0 Å². The van der Waals surface area contributed by atoms with E-state index in [1.165, 1.54) is 64.0 Å². The number of hydrogen-bond donors (Lipinski definition) is 0. The number of rotatable bonds is 3. The van der Waals surface area contributed by atoms with Crippen LogP contribution in [0.3, 0.4) is 0 Å². The summed E-state index contributed by atoms with van der Waals surface area (Å²) in [6.07, 6.45) is 1.86. The predicted molar refractivity (Wildman–Crippen MR) is 196 cm³/mol. The van der Waals surface area contributed by atoms with Gasteiger partial charge in [0.15, 0.2) is 0 Å². The van der Waals surface area contributed by atoms with Gasteiger partial charge in [-0.1, -0.05) is 74.5 Å². The van der Waals surface area contributed by atoms with E-state index in [9.17, 15) is 0 Å². The minimum absolute atomic E-state index is 0.144. The minimum Gasteiger partial charge on any atom is -0.256 e. The highest BCUT2D eigenvalue weighted by Gasteiger charge is 2.35. The van der Waals surface area contributed by atoms with Gasteiger partial charge in [0.05, 0.1) is 16.9 Å². The molecule has 3 heterocycles. The van der Waals surface area contributed by atoms with Crippen LogP contribution in [0.25, 0.3) is 86.3 Å². The Labute approximate surface area is 270 Å². The molecule has 0 N–H and O–H groups in total. The normalized spacial score (nSPS) is 13.6. The maximum atomic E-state index is 5.24. The zero-order valence-electron chi connectivity index (χ0n) is 25.5. The second-order valence-corrected chi connectivity index (χ2v) is 14.1. The van der Waals surface area contributed by atoms with Crippen molar-refractivity contribution in [2.75, 3.05) is 0 Å². The number of pyridine rings is 2. The third-order valence-electron chi connectivity index (χ3n) is 10.0. The van der Waals surface area contributed by atoms with Crippen molar-refractivity contribution in [3.05, 3.63) is 145 Å². The van der Waals surface area contributed by atoms with E-state index in [2.05, 4.69) is 140 Å². The Bertz CT molecular complexity index is 2730. The van der Waals surface area contributed by atoms with Gasteiger partial charge in [-0.2, -0.15) is 0 Å². The number of hydrogen-bond acceptors (Lipinski definition) is 3. The summed E-state index contributed by atoms with van der Waals surface area (Å²) in [6.45, 7) is 4.75. The largest absolute Gasteiger partial charge is 0.256 e. The molecule has 0 unspecified atom stereocenters. The fraction of sp³-hybridized carbons (Fsp3) is 0.0698. The molecule has 3 aromatic heterocycles. The second-order valence-electron chi connectivity index (χ2n) is 13.1. The van der Waals surface area contributed by atoms with Crippen molar-refractivity contribution in [3.63, 3.8) is 0 Å². The van der Waals surface area contributed by atoms with Crippen LogP contribution < -0.4 is 0 Å². The number of fused-ring (bicyclic) bond motifs is 4. The van der Waals surface area contributed by atoms with Crippen molar-refractivity contribution in [2.24, 2.45) is 0 Å². The van der Waals surface area contributed by atoms with Crippen molar-refractivity contribution >= 4 is 64.0 Å². The summed E-state index contributed by atoms with van der Waals surface area (Å²) in [7, 11) is 0. The van der Waals surface area contributed by atoms with Crippen LogP contribution in [-0.2, 0) is 5.41 Å². The Morgan fingerprint density at radius 1 is 0.500 bits per heavy atom. The van der Waals surface area contributed by atoms with E-state index < -0.39 is 0 Å². The molecule has 2 nitrogen and oxygen atoms in total. The van der Waals surface area contributed by atoms with E-state index in [-0.39, 0.29) is 5.41 Å². The molecule has 0 bridgehead atoms. The van der Waals surface area contributed by atoms with E-state index in [1.54, 1.807) is 0 Å². The zero-order chi connectivity index (χ0) is 30.6. The van der Waals surface area contributed by atoms with Crippen LogP contribution in [0.15, 0.2) is 134 Å². The van der Waals surface area contributed by atoms with Crippen molar-refractivity contribution in [1.82, 2.24) is 9.97 Å². The van der Waals surface area contributed by atoms with Crippen molar-refractivity contribution in [1.29, 1.82) is 0 Å². The third-order valence-corrected chi connectivity index (χ3v) is 11.2. The standard InChI is InChI=1S/C43H28N2S/c1-43(2)34-22-30(25-15-17-36-26(19-25)7-6-18-44-36)20-28-12-13-29-21-31(23-35(43)42(29)41(28)34)38-10-5-9-37(45-38)27-14-16-33-32-8-3-4-11-39(32)46-40(33)24-27/h3-24H,1-2H3. The number of nitrogens with zero attached hydrogens (tertiary/aromatic N) is 2. The zero-order valence-corrected chi connectivity index (χ0v) is 26.3. The van der Waals surface area contributed by atoms with Gasteiger partial charge in [-0.15, -0.1) is 11.3 Å². The van der Waals surface area contributed by atoms with Gasteiger partial charge in [-0.25, -0.2) is 4.98 Å². The monoisotopic (exact) mass is 604 g/mol. The highest BCUT2D eigenvalue weighted by molar-refractivity contribution is 7.25. The minimum atomic E-state index is -0.144. The average Bonchev–Trinajstić information content (AvgIpc) is 3.59. The highest BCUT2D eigenvalue weighted by Crippen LogP contribution is 2.51. The van der Waals surface area contributed by atoms with E-state index in [0.717, 1.165) is 33.4 Å². The second kappa shape index (κ2) is 9.32. The molecule has 0 fully saturated rings. The molecule has 0 radical (unpaired) electrons. The van der Waals surface area contributed by atoms with Crippen molar-refractivity contribution < 1.29 is 0 Å². The molecule has 1 aliphatic rings. The highest BCUT2D eigenvalue weighted by atomic mass is 32.1. The van der Waals surface area contributed by atoms with Gasteiger partial charge in [0.1, 0.15) is 0 Å². The lowest BCUT2D eigenvalue weighted by Gasteiger charge is -2.23. The molecule has 6 aromatic carbocycles. The van der Waals surface area contributed by atoms with Crippen molar-refractivity contribution in [2.45, 2.75) is 19.3 Å². The maximum Gasteiger partial charge on any atom is 0.0710 e. The fourth-order valence-electron chi connectivity index (χ4n) is 7.67. The lowest BCUT2D eigenvalue weighted by molar-refractivity contribution is 0.663. The molecule has 9 aromatic rings. The Hall–Kier alpha value is -5.38. The molecule has 0 saturated carbocycles.